The van der Waals surface area contributed by atoms with Crippen LogP contribution in [0.2, 0.25) is 0 Å². The molecule has 4 nitrogen and oxygen atoms in total. The fourth-order valence-electron chi connectivity index (χ4n) is 3.47. The lowest BCUT2D eigenvalue weighted by Gasteiger charge is -2.38. The zero-order valence-electron chi connectivity index (χ0n) is 14.5. The van der Waals surface area contributed by atoms with Gasteiger partial charge in [0, 0.05) is 52.5 Å². The highest BCUT2D eigenvalue weighted by atomic mass is 32.2. The quantitative estimate of drug-likeness (QED) is 0.830. The number of thioether (sulfide) groups is 1. The average Bonchev–Trinajstić information content (AvgIpc) is 2.52. The first-order valence-corrected chi connectivity index (χ1v) is 9.34. The summed E-state index contributed by atoms with van der Waals surface area (Å²) in [5.41, 5.74) is 5.47. The van der Waals surface area contributed by atoms with Crippen molar-refractivity contribution in [3.63, 3.8) is 0 Å². The zero-order chi connectivity index (χ0) is 16.6. The molecule has 0 bridgehead atoms. The van der Waals surface area contributed by atoms with Crippen molar-refractivity contribution in [2.75, 3.05) is 31.2 Å². The minimum Gasteiger partial charge on any atom is -0.378 e. The number of nitriles is 1. The van der Waals surface area contributed by atoms with Gasteiger partial charge in [-0.2, -0.15) is 17.0 Å². The van der Waals surface area contributed by atoms with E-state index in [0.29, 0.717) is 11.6 Å². The van der Waals surface area contributed by atoms with Crippen LogP contribution in [0.5, 0.6) is 0 Å². The van der Waals surface area contributed by atoms with Gasteiger partial charge in [-0.25, -0.2) is 4.98 Å². The third-order valence-electron chi connectivity index (χ3n) is 4.60. The number of aromatic nitrogens is 1. The fourth-order valence-corrected chi connectivity index (χ4v) is 4.55. The number of pyridine rings is 1. The van der Waals surface area contributed by atoms with E-state index in [1.54, 1.807) is 0 Å². The summed E-state index contributed by atoms with van der Waals surface area (Å²) in [5.74, 6) is 1.27. The van der Waals surface area contributed by atoms with Crippen molar-refractivity contribution in [3.05, 3.63) is 22.5 Å². The van der Waals surface area contributed by atoms with Crippen molar-refractivity contribution >= 4 is 17.4 Å². The minimum absolute atomic E-state index is 0.189. The second kappa shape index (κ2) is 6.33. The van der Waals surface area contributed by atoms with Crippen molar-refractivity contribution in [3.8, 4) is 6.07 Å². The molecule has 5 heteroatoms. The molecule has 0 aliphatic carbocycles. The molecule has 0 amide bonds. The maximum Gasteiger partial charge on any atom is 0.146 e. The summed E-state index contributed by atoms with van der Waals surface area (Å²) >= 11 is 1.99. The Hall–Kier alpha value is -1.25. The van der Waals surface area contributed by atoms with Crippen LogP contribution < -0.4 is 4.90 Å². The Kier molecular flexibility index (Phi) is 4.57. The minimum atomic E-state index is 0.189. The molecule has 1 aromatic rings. The lowest BCUT2D eigenvalue weighted by molar-refractivity contribution is 0.122. The Morgan fingerprint density at radius 2 is 2.00 bits per heavy atom. The van der Waals surface area contributed by atoms with Crippen LogP contribution in [0.25, 0.3) is 0 Å². The number of rotatable bonds is 2. The van der Waals surface area contributed by atoms with Gasteiger partial charge in [0.1, 0.15) is 11.8 Å². The van der Waals surface area contributed by atoms with E-state index in [4.69, 9.17) is 9.72 Å². The van der Waals surface area contributed by atoms with Gasteiger partial charge in [-0.05, 0) is 5.92 Å². The Morgan fingerprint density at radius 1 is 1.30 bits per heavy atom. The molecule has 3 heterocycles. The van der Waals surface area contributed by atoms with Gasteiger partial charge >= 0.3 is 0 Å². The first-order valence-electron chi connectivity index (χ1n) is 8.35. The summed E-state index contributed by atoms with van der Waals surface area (Å²) in [5, 5.41) is 9.66. The molecule has 0 unspecified atom stereocenters. The van der Waals surface area contributed by atoms with Gasteiger partial charge in [-0.3, -0.25) is 0 Å². The lowest BCUT2D eigenvalue weighted by atomic mass is 9.92. The normalized spacial score (nSPS) is 20.3. The molecule has 2 aliphatic rings. The highest BCUT2D eigenvalue weighted by Crippen LogP contribution is 2.44. The van der Waals surface area contributed by atoms with Crippen molar-refractivity contribution in [1.29, 1.82) is 5.26 Å². The van der Waals surface area contributed by atoms with E-state index < -0.39 is 0 Å². The summed E-state index contributed by atoms with van der Waals surface area (Å²) in [6, 6.07) is 2.36. The molecule has 124 valence electrons. The van der Waals surface area contributed by atoms with Crippen molar-refractivity contribution in [2.24, 2.45) is 0 Å². The van der Waals surface area contributed by atoms with Gasteiger partial charge < -0.3 is 9.64 Å². The van der Waals surface area contributed by atoms with E-state index in [-0.39, 0.29) is 4.75 Å². The highest BCUT2D eigenvalue weighted by molar-refractivity contribution is 7.99. The standard InChI is InChI=1S/C18H25N3OS/c1-12(2)16-15(10-19)20-14-9-18(3,4)23-11-13(14)17(16)21-5-7-22-8-6-21/h12H,5-9,11H2,1-4H3. The van der Waals surface area contributed by atoms with Gasteiger partial charge in [0.05, 0.1) is 13.2 Å². The van der Waals surface area contributed by atoms with Gasteiger partial charge in [-0.1, -0.05) is 27.7 Å². The van der Waals surface area contributed by atoms with Crippen LogP contribution in [-0.2, 0) is 16.9 Å². The Bertz CT molecular complexity index is 643. The third kappa shape index (κ3) is 3.20. The van der Waals surface area contributed by atoms with Crippen LogP contribution in [-0.4, -0.2) is 36.0 Å². The van der Waals surface area contributed by atoms with Gasteiger partial charge in [-0.15, -0.1) is 0 Å². The first kappa shape index (κ1) is 16.6. The Morgan fingerprint density at radius 3 is 2.61 bits per heavy atom. The number of morpholine rings is 1. The summed E-state index contributed by atoms with van der Waals surface area (Å²) in [6.45, 7) is 12.2. The smallest absolute Gasteiger partial charge is 0.146 e. The largest absolute Gasteiger partial charge is 0.378 e. The van der Waals surface area contributed by atoms with Gasteiger partial charge in [0.25, 0.3) is 0 Å². The summed E-state index contributed by atoms with van der Waals surface area (Å²) < 4.78 is 5.72. The number of ether oxygens (including phenoxy) is 1. The molecular formula is C18H25N3OS. The number of anilines is 1. The summed E-state index contributed by atoms with van der Waals surface area (Å²) in [6.07, 6.45) is 0.928. The van der Waals surface area contributed by atoms with Crippen LogP contribution in [0.3, 0.4) is 0 Å². The molecule has 23 heavy (non-hydrogen) atoms. The molecule has 0 aromatic carbocycles. The second-order valence-corrected chi connectivity index (χ2v) is 8.92. The highest BCUT2D eigenvalue weighted by Gasteiger charge is 2.33. The number of fused-ring (bicyclic) bond motifs is 1. The second-order valence-electron chi connectivity index (χ2n) is 7.24. The van der Waals surface area contributed by atoms with E-state index in [1.165, 1.54) is 11.3 Å². The van der Waals surface area contributed by atoms with Gasteiger partial charge in [0.2, 0.25) is 0 Å². The molecule has 3 rings (SSSR count). The molecule has 1 fully saturated rings. The van der Waals surface area contributed by atoms with E-state index in [9.17, 15) is 5.26 Å². The predicted octanol–water partition coefficient (Wildman–Crippen LogP) is 3.48. The van der Waals surface area contributed by atoms with Crippen molar-refractivity contribution in [1.82, 2.24) is 4.98 Å². The molecule has 2 aliphatic heterocycles. The Labute approximate surface area is 143 Å². The molecule has 0 radical (unpaired) electrons. The molecule has 1 saturated heterocycles. The lowest BCUT2D eigenvalue weighted by Crippen LogP contribution is -2.39. The van der Waals surface area contributed by atoms with Crippen LogP contribution in [0, 0.1) is 11.3 Å². The first-order chi connectivity index (χ1) is 10.9. The molecule has 1 aromatic heterocycles. The molecule has 0 spiro atoms. The Balaban J connectivity index is 2.19. The summed E-state index contributed by atoms with van der Waals surface area (Å²) in [4.78, 5) is 7.19. The van der Waals surface area contributed by atoms with E-state index >= 15 is 0 Å². The van der Waals surface area contributed by atoms with E-state index in [1.807, 2.05) is 11.8 Å². The van der Waals surface area contributed by atoms with Crippen LogP contribution in [0.4, 0.5) is 5.69 Å². The number of nitrogens with zero attached hydrogens (tertiary/aromatic N) is 3. The molecule has 0 saturated carbocycles. The molecule has 0 atom stereocenters. The summed E-state index contributed by atoms with van der Waals surface area (Å²) in [7, 11) is 0. The van der Waals surface area contributed by atoms with Crippen molar-refractivity contribution < 1.29 is 4.74 Å². The third-order valence-corrected chi connectivity index (χ3v) is 5.96. The topological polar surface area (TPSA) is 49.2 Å². The van der Waals surface area contributed by atoms with Crippen LogP contribution in [0.15, 0.2) is 0 Å². The molecule has 0 N–H and O–H groups in total. The fraction of sp³-hybridized carbons (Fsp3) is 0.667. The van der Waals surface area contributed by atoms with Crippen LogP contribution >= 0.6 is 11.8 Å². The van der Waals surface area contributed by atoms with Crippen LogP contribution in [0.1, 0.15) is 56.1 Å². The monoisotopic (exact) mass is 331 g/mol. The SMILES string of the molecule is CC(C)c1c(C#N)nc2c(c1N1CCOCC1)CSC(C)(C)C2. The van der Waals surface area contributed by atoms with E-state index in [0.717, 1.165) is 49.7 Å². The predicted molar refractivity (Wildman–Crippen MR) is 95.2 cm³/mol. The maximum absolute atomic E-state index is 9.66. The average molecular weight is 331 g/mol. The maximum atomic E-state index is 9.66. The van der Waals surface area contributed by atoms with E-state index in [2.05, 4.69) is 38.7 Å². The van der Waals surface area contributed by atoms with Gasteiger partial charge in [0.15, 0.2) is 0 Å². The molecular weight excluding hydrogens is 306 g/mol. The zero-order valence-corrected chi connectivity index (χ0v) is 15.3. The number of hydrogen-bond acceptors (Lipinski definition) is 5. The number of hydrogen-bond donors (Lipinski definition) is 0. The van der Waals surface area contributed by atoms with Crippen molar-refractivity contribution in [2.45, 2.75) is 50.5 Å².